The fourth-order valence-electron chi connectivity index (χ4n) is 2.34. The van der Waals surface area contributed by atoms with Gasteiger partial charge in [0.2, 0.25) is 5.91 Å². The smallest absolute Gasteiger partial charge is 0.248 e. The zero-order chi connectivity index (χ0) is 18.8. The highest BCUT2D eigenvalue weighted by Crippen LogP contribution is 2.29. The lowest BCUT2D eigenvalue weighted by atomic mass is 10.2. The van der Waals surface area contributed by atoms with Crippen molar-refractivity contribution in [2.45, 2.75) is 19.8 Å². The lowest BCUT2D eigenvalue weighted by Crippen LogP contribution is -2.08. The molecule has 0 aliphatic rings. The van der Waals surface area contributed by atoms with Crippen LogP contribution in [0.4, 0.5) is 5.69 Å². The Morgan fingerprint density at radius 1 is 1.04 bits per heavy atom. The second-order valence-electron chi connectivity index (χ2n) is 5.63. The van der Waals surface area contributed by atoms with Crippen LogP contribution >= 0.6 is 0 Å². The summed E-state index contributed by atoms with van der Waals surface area (Å²) < 4.78 is 16.2. The molecule has 2 rings (SSSR count). The number of para-hydroxylation sites is 1. The van der Waals surface area contributed by atoms with Crippen molar-refractivity contribution in [1.82, 2.24) is 0 Å². The minimum absolute atomic E-state index is 0.236. The van der Waals surface area contributed by atoms with Crippen molar-refractivity contribution in [2.24, 2.45) is 0 Å². The number of benzene rings is 2. The third-order valence-electron chi connectivity index (χ3n) is 3.74. The summed E-state index contributed by atoms with van der Waals surface area (Å²) >= 11 is 0. The molecule has 0 aliphatic heterocycles. The Hall–Kier alpha value is -2.95. The van der Waals surface area contributed by atoms with E-state index in [2.05, 4.69) is 12.2 Å². The summed E-state index contributed by atoms with van der Waals surface area (Å²) in [5.74, 6) is 1.71. The summed E-state index contributed by atoms with van der Waals surface area (Å²) in [7, 11) is 3.12. The van der Waals surface area contributed by atoms with Gasteiger partial charge in [0.25, 0.3) is 0 Å². The zero-order valence-corrected chi connectivity index (χ0v) is 15.5. The van der Waals surface area contributed by atoms with E-state index in [0.717, 1.165) is 24.2 Å². The Labute approximate surface area is 154 Å². The number of unbranched alkanes of at least 4 members (excludes halogenated alkanes) is 1. The number of hydrogen-bond donors (Lipinski definition) is 1. The zero-order valence-electron chi connectivity index (χ0n) is 15.5. The van der Waals surface area contributed by atoms with Gasteiger partial charge in [-0.1, -0.05) is 31.5 Å². The molecule has 0 fully saturated rings. The van der Waals surface area contributed by atoms with Crippen molar-refractivity contribution >= 4 is 17.7 Å². The van der Waals surface area contributed by atoms with Gasteiger partial charge in [0, 0.05) is 23.4 Å². The molecule has 0 saturated heterocycles. The van der Waals surface area contributed by atoms with Crippen molar-refractivity contribution in [1.29, 1.82) is 0 Å². The molecule has 1 N–H and O–H groups in total. The number of methoxy groups -OCH3 is 2. The van der Waals surface area contributed by atoms with Gasteiger partial charge in [0.1, 0.15) is 5.75 Å². The maximum absolute atomic E-state index is 12.2. The topological polar surface area (TPSA) is 56.8 Å². The number of hydrogen-bond acceptors (Lipinski definition) is 4. The Balaban J connectivity index is 2.04. The van der Waals surface area contributed by atoms with E-state index in [1.807, 2.05) is 24.3 Å². The van der Waals surface area contributed by atoms with E-state index in [0.29, 0.717) is 23.8 Å². The van der Waals surface area contributed by atoms with Crippen LogP contribution in [0.2, 0.25) is 0 Å². The predicted octanol–water partition coefficient (Wildman–Crippen LogP) is 4.53. The molecule has 5 heteroatoms. The van der Waals surface area contributed by atoms with Crippen molar-refractivity contribution < 1.29 is 19.0 Å². The van der Waals surface area contributed by atoms with Crippen molar-refractivity contribution in [2.75, 3.05) is 26.1 Å². The Morgan fingerprint density at radius 3 is 2.54 bits per heavy atom. The summed E-state index contributed by atoms with van der Waals surface area (Å²) in [6.07, 6.45) is 5.31. The number of rotatable bonds is 9. The highest BCUT2D eigenvalue weighted by molar-refractivity contribution is 6.02. The molecule has 2 aromatic carbocycles. The van der Waals surface area contributed by atoms with Gasteiger partial charge in [-0.05, 0) is 30.7 Å². The molecule has 0 saturated carbocycles. The number of anilines is 1. The average molecular weight is 355 g/mol. The molecule has 138 valence electrons. The number of carbonyl (C=O) groups excluding carboxylic acids is 1. The molecule has 0 spiro atoms. The van der Waals surface area contributed by atoms with Crippen LogP contribution < -0.4 is 19.5 Å². The summed E-state index contributed by atoms with van der Waals surface area (Å²) in [4.78, 5) is 12.2. The largest absolute Gasteiger partial charge is 0.493 e. The van der Waals surface area contributed by atoms with Crippen LogP contribution in [0.3, 0.4) is 0 Å². The third-order valence-corrected chi connectivity index (χ3v) is 3.74. The Bertz CT molecular complexity index is 755. The molecule has 0 radical (unpaired) electrons. The minimum Gasteiger partial charge on any atom is -0.493 e. The molecule has 0 aliphatic carbocycles. The molecule has 0 bridgehead atoms. The molecule has 0 heterocycles. The quantitative estimate of drug-likeness (QED) is 0.530. The summed E-state index contributed by atoms with van der Waals surface area (Å²) in [5, 5.41) is 2.81. The molecule has 1 amide bonds. The van der Waals surface area contributed by atoms with E-state index >= 15 is 0 Å². The number of carbonyl (C=O) groups is 1. The summed E-state index contributed by atoms with van der Waals surface area (Å²) in [6, 6.07) is 12.9. The van der Waals surface area contributed by atoms with Gasteiger partial charge >= 0.3 is 0 Å². The fraction of sp³-hybridized carbons (Fsp3) is 0.286. The van der Waals surface area contributed by atoms with Crippen LogP contribution in [0.1, 0.15) is 25.3 Å². The first kappa shape index (κ1) is 19.4. The van der Waals surface area contributed by atoms with Crippen LogP contribution in [-0.2, 0) is 4.79 Å². The van der Waals surface area contributed by atoms with Crippen LogP contribution in [0.15, 0.2) is 48.5 Å². The highest BCUT2D eigenvalue weighted by atomic mass is 16.5. The normalized spacial score (nSPS) is 10.6. The van der Waals surface area contributed by atoms with Gasteiger partial charge in [0.05, 0.1) is 20.8 Å². The highest BCUT2D eigenvalue weighted by Gasteiger charge is 2.06. The molecule has 26 heavy (non-hydrogen) atoms. The first-order chi connectivity index (χ1) is 12.7. The lowest BCUT2D eigenvalue weighted by molar-refractivity contribution is -0.111. The van der Waals surface area contributed by atoms with E-state index < -0.39 is 0 Å². The maximum Gasteiger partial charge on any atom is 0.248 e. The summed E-state index contributed by atoms with van der Waals surface area (Å²) in [5.41, 5.74) is 1.50. The summed E-state index contributed by atoms with van der Waals surface area (Å²) in [6.45, 7) is 2.78. The minimum atomic E-state index is -0.236. The van der Waals surface area contributed by atoms with Gasteiger partial charge in [-0.2, -0.15) is 0 Å². The van der Waals surface area contributed by atoms with Gasteiger partial charge in [-0.15, -0.1) is 0 Å². The molecule has 0 atom stereocenters. The van der Waals surface area contributed by atoms with E-state index in [4.69, 9.17) is 14.2 Å². The van der Waals surface area contributed by atoms with Crippen LogP contribution in [0, 0.1) is 0 Å². The molecule has 0 unspecified atom stereocenters. The van der Waals surface area contributed by atoms with Crippen molar-refractivity contribution in [3.05, 3.63) is 54.1 Å². The SMILES string of the molecule is CCCCOc1ccccc1/C=C/C(=O)Nc1ccc(OC)c(OC)c1. The average Bonchev–Trinajstić information content (AvgIpc) is 2.67. The van der Waals surface area contributed by atoms with E-state index in [1.54, 1.807) is 38.5 Å². The number of ether oxygens (including phenoxy) is 3. The Kier molecular flexibility index (Phi) is 7.55. The third kappa shape index (κ3) is 5.55. The molecule has 0 aromatic heterocycles. The first-order valence-electron chi connectivity index (χ1n) is 8.60. The van der Waals surface area contributed by atoms with Crippen LogP contribution in [-0.4, -0.2) is 26.7 Å². The van der Waals surface area contributed by atoms with E-state index in [9.17, 15) is 4.79 Å². The number of nitrogens with one attached hydrogen (secondary N) is 1. The molecular weight excluding hydrogens is 330 g/mol. The van der Waals surface area contributed by atoms with Crippen LogP contribution in [0.5, 0.6) is 17.2 Å². The van der Waals surface area contributed by atoms with Gasteiger partial charge in [-0.25, -0.2) is 0 Å². The molecule has 5 nitrogen and oxygen atoms in total. The molecule has 2 aromatic rings. The van der Waals surface area contributed by atoms with Crippen molar-refractivity contribution in [3.8, 4) is 17.2 Å². The maximum atomic E-state index is 12.2. The van der Waals surface area contributed by atoms with Gasteiger partial charge < -0.3 is 19.5 Å². The van der Waals surface area contributed by atoms with Gasteiger partial charge in [-0.3, -0.25) is 4.79 Å². The van der Waals surface area contributed by atoms with Crippen LogP contribution in [0.25, 0.3) is 6.08 Å². The standard InChI is InChI=1S/C21H25NO4/c1-4-5-14-26-18-9-7-6-8-16(18)10-13-21(23)22-17-11-12-19(24-2)20(15-17)25-3/h6-13,15H,4-5,14H2,1-3H3,(H,22,23)/b13-10+. The number of amides is 1. The monoisotopic (exact) mass is 355 g/mol. The predicted molar refractivity (Wildman–Crippen MR) is 104 cm³/mol. The lowest BCUT2D eigenvalue weighted by Gasteiger charge is -2.10. The first-order valence-corrected chi connectivity index (χ1v) is 8.60. The van der Waals surface area contributed by atoms with E-state index in [1.165, 1.54) is 6.08 Å². The Morgan fingerprint density at radius 2 is 1.81 bits per heavy atom. The fourth-order valence-corrected chi connectivity index (χ4v) is 2.34. The second kappa shape index (κ2) is 10.1. The molecular formula is C21H25NO4. The van der Waals surface area contributed by atoms with Gasteiger partial charge in [0.15, 0.2) is 11.5 Å². The van der Waals surface area contributed by atoms with E-state index in [-0.39, 0.29) is 5.91 Å². The van der Waals surface area contributed by atoms with Crippen molar-refractivity contribution in [3.63, 3.8) is 0 Å². The second-order valence-corrected chi connectivity index (χ2v) is 5.63.